The van der Waals surface area contributed by atoms with E-state index in [4.69, 9.17) is 9.84 Å². The molecule has 0 aliphatic rings. The molecule has 1 rings (SSSR count). The Morgan fingerprint density at radius 1 is 1.43 bits per heavy atom. The van der Waals surface area contributed by atoms with Crippen LogP contribution in [0, 0.1) is 10.1 Å². The number of hydrogen-bond donors (Lipinski definition) is 1. The molecule has 9 heteroatoms. The lowest BCUT2D eigenvalue weighted by Crippen LogP contribution is -2.36. The van der Waals surface area contributed by atoms with Crippen LogP contribution in [0.5, 0.6) is 5.75 Å². The van der Waals surface area contributed by atoms with Crippen LogP contribution in [0.25, 0.3) is 0 Å². The number of nitro benzene ring substituents is 1. The number of carbonyl (C=O) groups excluding carboxylic acids is 1. The van der Waals surface area contributed by atoms with Gasteiger partial charge in [0.05, 0.1) is 23.0 Å². The third-order valence-electron chi connectivity index (χ3n) is 3.04. The number of methoxy groups -OCH3 is 1. The molecule has 0 spiro atoms. The minimum absolute atomic E-state index is 0.144. The number of hydrogen-bond acceptors (Lipinski definition) is 6. The Balaban J connectivity index is 3.39. The van der Waals surface area contributed by atoms with Gasteiger partial charge in [-0.05, 0) is 18.7 Å². The van der Waals surface area contributed by atoms with Crippen molar-refractivity contribution in [1.29, 1.82) is 0 Å². The molecule has 0 bridgehead atoms. The van der Waals surface area contributed by atoms with Crippen LogP contribution in [0.2, 0.25) is 0 Å². The second-order valence-electron chi connectivity index (χ2n) is 4.60. The van der Waals surface area contributed by atoms with Crippen LogP contribution in [0.15, 0.2) is 17.0 Å². The van der Waals surface area contributed by atoms with E-state index in [9.17, 15) is 19.7 Å². The maximum Gasteiger partial charge on any atom is 0.323 e. The quantitative estimate of drug-likeness (QED) is 0.438. The van der Waals surface area contributed by atoms with E-state index in [1.807, 2.05) is 0 Å². The zero-order valence-electron chi connectivity index (χ0n) is 13.1. The van der Waals surface area contributed by atoms with Crippen molar-refractivity contribution in [3.8, 4) is 5.75 Å². The molecule has 1 N–H and O–H groups in total. The smallest absolute Gasteiger partial charge is 0.323 e. The van der Waals surface area contributed by atoms with Gasteiger partial charge in [-0.2, -0.15) is 0 Å². The fourth-order valence-corrected chi connectivity index (χ4v) is 2.63. The molecule has 0 saturated heterocycles. The summed E-state index contributed by atoms with van der Waals surface area (Å²) in [5.74, 6) is -1.56. The zero-order valence-corrected chi connectivity index (χ0v) is 13.9. The SMILES string of the molecule is CCCN(CC(=O)O)C(=O)c1cc(SC)c(OC)cc1[N+](=O)[O-]. The summed E-state index contributed by atoms with van der Waals surface area (Å²) in [6, 6.07) is 2.55. The minimum Gasteiger partial charge on any atom is -0.495 e. The fraction of sp³-hybridized carbons (Fsp3) is 0.429. The van der Waals surface area contributed by atoms with Crippen molar-refractivity contribution in [2.45, 2.75) is 18.2 Å². The Morgan fingerprint density at radius 3 is 2.52 bits per heavy atom. The highest BCUT2D eigenvalue weighted by molar-refractivity contribution is 7.98. The molecule has 0 radical (unpaired) electrons. The van der Waals surface area contributed by atoms with Gasteiger partial charge in [-0.1, -0.05) is 6.92 Å². The first-order valence-electron chi connectivity index (χ1n) is 6.77. The van der Waals surface area contributed by atoms with Crippen LogP contribution in [0.1, 0.15) is 23.7 Å². The molecule has 0 heterocycles. The minimum atomic E-state index is -1.17. The van der Waals surface area contributed by atoms with Crippen LogP contribution >= 0.6 is 11.8 Å². The molecular weight excluding hydrogens is 324 g/mol. The molecule has 1 aromatic rings. The Kier molecular flexibility index (Phi) is 6.83. The Labute approximate surface area is 137 Å². The number of benzene rings is 1. The molecule has 0 aliphatic carbocycles. The summed E-state index contributed by atoms with van der Waals surface area (Å²) in [5, 5.41) is 20.2. The maximum absolute atomic E-state index is 12.6. The highest BCUT2D eigenvalue weighted by atomic mass is 32.2. The lowest BCUT2D eigenvalue weighted by molar-refractivity contribution is -0.385. The normalized spacial score (nSPS) is 10.2. The standard InChI is InChI=1S/C14H18N2O6S/c1-4-5-15(8-13(17)18)14(19)9-6-12(23-3)11(22-2)7-10(9)16(20)21/h6-7H,4-5,8H2,1-3H3,(H,17,18). The molecular formula is C14H18N2O6S. The summed E-state index contributed by atoms with van der Waals surface area (Å²) in [6.07, 6.45) is 2.29. The van der Waals surface area contributed by atoms with Crippen molar-refractivity contribution < 1.29 is 24.4 Å². The van der Waals surface area contributed by atoms with E-state index in [-0.39, 0.29) is 12.1 Å². The van der Waals surface area contributed by atoms with Gasteiger partial charge in [-0.3, -0.25) is 19.7 Å². The lowest BCUT2D eigenvalue weighted by atomic mass is 10.1. The Morgan fingerprint density at radius 2 is 2.09 bits per heavy atom. The number of nitro groups is 1. The number of ether oxygens (including phenoxy) is 1. The molecule has 126 valence electrons. The fourth-order valence-electron chi connectivity index (χ4n) is 2.05. The Bertz CT molecular complexity index is 620. The average Bonchev–Trinajstić information content (AvgIpc) is 2.51. The van der Waals surface area contributed by atoms with Crippen molar-refractivity contribution in [3.63, 3.8) is 0 Å². The van der Waals surface area contributed by atoms with Crippen LogP contribution in [-0.2, 0) is 4.79 Å². The zero-order chi connectivity index (χ0) is 17.6. The molecule has 1 aromatic carbocycles. The molecule has 8 nitrogen and oxygen atoms in total. The van der Waals surface area contributed by atoms with Gasteiger partial charge in [0.1, 0.15) is 17.9 Å². The summed E-state index contributed by atoms with van der Waals surface area (Å²) in [5.41, 5.74) is -0.550. The third kappa shape index (κ3) is 4.59. The monoisotopic (exact) mass is 342 g/mol. The number of rotatable bonds is 8. The molecule has 0 unspecified atom stereocenters. The van der Waals surface area contributed by atoms with Gasteiger partial charge in [-0.15, -0.1) is 11.8 Å². The topological polar surface area (TPSA) is 110 Å². The van der Waals surface area contributed by atoms with Gasteiger partial charge in [0, 0.05) is 6.54 Å². The number of thioether (sulfide) groups is 1. The predicted molar refractivity (Wildman–Crippen MR) is 85.3 cm³/mol. The summed E-state index contributed by atoms with van der Waals surface area (Å²) in [4.78, 5) is 35.7. The first kappa shape index (κ1) is 18.8. The van der Waals surface area contributed by atoms with Crippen molar-refractivity contribution >= 4 is 29.3 Å². The van der Waals surface area contributed by atoms with Crippen LogP contribution in [0.4, 0.5) is 5.69 Å². The molecule has 0 saturated carbocycles. The van der Waals surface area contributed by atoms with E-state index in [1.54, 1.807) is 13.2 Å². The summed E-state index contributed by atoms with van der Waals surface area (Å²) >= 11 is 1.28. The van der Waals surface area contributed by atoms with E-state index >= 15 is 0 Å². The van der Waals surface area contributed by atoms with Gasteiger partial charge < -0.3 is 14.7 Å². The molecule has 0 fully saturated rings. The van der Waals surface area contributed by atoms with Crippen LogP contribution in [-0.4, -0.2) is 53.3 Å². The number of carboxylic acids is 1. The maximum atomic E-state index is 12.6. The van der Waals surface area contributed by atoms with Gasteiger partial charge in [0.15, 0.2) is 0 Å². The van der Waals surface area contributed by atoms with E-state index in [1.165, 1.54) is 31.0 Å². The van der Waals surface area contributed by atoms with E-state index in [2.05, 4.69) is 0 Å². The highest BCUT2D eigenvalue weighted by Gasteiger charge is 2.28. The second kappa shape index (κ2) is 8.37. The number of nitrogens with zero attached hydrogens (tertiary/aromatic N) is 2. The molecule has 0 aliphatic heterocycles. The average molecular weight is 342 g/mol. The van der Waals surface area contributed by atoms with Crippen molar-refractivity contribution in [3.05, 3.63) is 27.8 Å². The molecule has 23 heavy (non-hydrogen) atoms. The second-order valence-corrected chi connectivity index (χ2v) is 5.45. The number of aliphatic carboxylic acids is 1. The van der Waals surface area contributed by atoms with Crippen molar-refractivity contribution in [1.82, 2.24) is 4.90 Å². The summed E-state index contributed by atoms with van der Waals surface area (Å²) < 4.78 is 5.09. The lowest BCUT2D eigenvalue weighted by Gasteiger charge is -2.20. The largest absolute Gasteiger partial charge is 0.495 e. The van der Waals surface area contributed by atoms with E-state index in [0.29, 0.717) is 17.1 Å². The van der Waals surface area contributed by atoms with Gasteiger partial charge in [0.25, 0.3) is 11.6 Å². The molecule has 0 aromatic heterocycles. The van der Waals surface area contributed by atoms with Crippen LogP contribution in [0.3, 0.4) is 0 Å². The first-order chi connectivity index (χ1) is 10.8. The predicted octanol–water partition coefficient (Wildman–Crippen LogP) is 2.26. The van der Waals surface area contributed by atoms with Gasteiger partial charge >= 0.3 is 5.97 Å². The molecule has 1 amide bonds. The van der Waals surface area contributed by atoms with Crippen molar-refractivity contribution in [2.24, 2.45) is 0 Å². The molecule has 0 atom stereocenters. The Hall–Kier alpha value is -2.29. The number of amides is 1. The number of carbonyl (C=O) groups is 2. The van der Waals surface area contributed by atoms with Crippen LogP contribution < -0.4 is 4.74 Å². The van der Waals surface area contributed by atoms with E-state index in [0.717, 1.165) is 4.90 Å². The van der Waals surface area contributed by atoms with Gasteiger partial charge in [0.2, 0.25) is 0 Å². The summed E-state index contributed by atoms with van der Waals surface area (Å²) in [7, 11) is 1.38. The van der Waals surface area contributed by atoms with Crippen molar-refractivity contribution in [2.75, 3.05) is 26.5 Å². The summed E-state index contributed by atoms with van der Waals surface area (Å²) in [6.45, 7) is 1.48. The third-order valence-corrected chi connectivity index (χ3v) is 3.79. The number of carboxylic acid groups (broad SMARTS) is 1. The van der Waals surface area contributed by atoms with Gasteiger partial charge in [-0.25, -0.2) is 0 Å². The highest BCUT2D eigenvalue weighted by Crippen LogP contribution is 2.35. The van der Waals surface area contributed by atoms with E-state index < -0.39 is 29.0 Å². The first-order valence-corrected chi connectivity index (χ1v) is 7.99.